The minimum atomic E-state index is -0.208. The number of aryl methyl sites for hydroxylation is 1. The van der Waals surface area contributed by atoms with Crippen LogP contribution in [0.15, 0.2) is 42.5 Å². The van der Waals surface area contributed by atoms with Crippen molar-refractivity contribution in [3.05, 3.63) is 58.6 Å². The van der Waals surface area contributed by atoms with Crippen molar-refractivity contribution in [2.75, 3.05) is 18.5 Å². The van der Waals surface area contributed by atoms with Gasteiger partial charge in [0.2, 0.25) is 5.91 Å². The number of benzene rings is 2. The second-order valence-corrected chi connectivity index (χ2v) is 5.62. The van der Waals surface area contributed by atoms with Gasteiger partial charge in [0, 0.05) is 11.8 Å². The van der Waals surface area contributed by atoms with Crippen LogP contribution in [-0.2, 0) is 4.79 Å². The summed E-state index contributed by atoms with van der Waals surface area (Å²) in [6.07, 6.45) is 3.15. The topological polar surface area (TPSA) is 47.6 Å². The largest absolute Gasteiger partial charge is 0.486 e. The molecule has 1 aliphatic rings. The summed E-state index contributed by atoms with van der Waals surface area (Å²) in [5, 5.41) is 3.27. The lowest BCUT2D eigenvalue weighted by atomic mass is 10.1. The average Bonchev–Trinajstić information content (AvgIpc) is 2.55. The van der Waals surface area contributed by atoms with E-state index in [1.54, 1.807) is 18.2 Å². The van der Waals surface area contributed by atoms with Crippen LogP contribution in [0.25, 0.3) is 6.08 Å². The molecular formula is C18H16ClNO3. The highest BCUT2D eigenvalue weighted by Gasteiger charge is 2.15. The van der Waals surface area contributed by atoms with E-state index in [0.717, 1.165) is 16.8 Å². The molecule has 4 nitrogen and oxygen atoms in total. The highest BCUT2D eigenvalue weighted by molar-refractivity contribution is 6.32. The van der Waals surface area contributed by atoms with Crippen LogP contribution in [0.1, 0.15) is 11.1 Å². The van der Waals surface area contributed by atoms with Crippen molar-refractivity contribution in [3.63, 3.8) is 0 Å². The van der Waals surface area contributed by atoms with E-state index in [-0.39, 0.29) is 5.91 Å². The van der Waals surface area contributed by atoms with Gasteiger partial charge in [-0.3, -0.25) is 4.79 Å². The molecule has 23 heavy (non-hydrogen) atoms. The Morgan fingerprint density at radius 2 is 1.91 bits per heavy atom. The Hall–Kier alpha value is -2.46. The molecule has 0 aliphatic carbocycles. The van der Waals surface area contributed by atoms with E-state index in [4.69, 9.17) is 21.1 Å². The maximum absolute atomic E-state index is 12.0. The van der Waals surface area contributed by atoms with Crippen LogP contribution in [0.4, 0.5) is 5.69 Å². The zero-order chi connectivity index (χ0) is 16.2. The Morgan fingerprint density at radius 1 is 1.17 bits per heavy atom. The van der Waals surface area contributed by atoms with Gasteiger partial charge < -0.3 is 14.8 Å². The molecule has 0 unspecified atom stereocenters. The quantitative estimate of drug-likeness (QED) is 0.863. The zero-order valence-corrected chi connectivity index (χ0v) is 13.4. The summed E-state index contributed by atoms with van der Waals surface area (Å²) >= 11 is 6.17. The Labute approximate surface area is 139 Å². The van der Waals surface area contributed by atoms with Crippen LogP contribution >= 0.6 is 11.6 Å². The standard InChI is InChI=1S/C18H16ClNO3/c1-12-2-5-14(6-3-12)20-17(21)7-4-13-10-15(19)18-16(11-13)22-8-9-23-18/h2-7,10-11H,8-9H2,1H3,(H,20,21)/b7-4+. The van der Waals surface area contributed by atoms with Crippen molar-refractivity contribution >= 4 is 29.3 Å². The number of rotatable bonds is 3. The van der Waals surface area contributed by atoms with Crippen molar-refractivity contribution in [1.82, 2.24) is 0 Å². The third-order valence-corrected chi connectivity index (χ3v) is 3.65. The summed E-state index contributed by atoms with van der Waals surface area (Å²) in [6.45, 7) is 2.97. The van der Waals surface area contributed by atoms with Crippen LogP contribution in [0.2, 0.25) is 5.02 Å². The van der Waals surface area contributed by atoms with Crippen molar-refractivity contribution in [2.45, 2.75) is 6.92 Å². The van der Waals surface area contributed by atoms with Gasteiger partial charge >= 0.3 is 0 Å². The van der Waals surface area contributed by atoms with E-state index >= 15 is 0 Å². The Kier molecular flexibility index (Phi) is 4.53. The molecule has 1 N–H and O–H groups in total. The average molecular weight is 330 g/mol. The van der Waals surface area contributed by atoms with Gasteiger partial charge in [-0.05, 0) is 42.8 Å². The maximum Gasteiger partial charge on any atom is 0.248 e. The molecule has 0 saturated carbocycles. The predicted octanol–water partition coefficient (Wildman–Crippen LogP) is 4.07. The molecular weight excluding hydrogens is 314 g/mol. The SMILES string of the molecule is Cc1ccc(NC(=O)/C=C/c2cc(Cl)c3c(c2)OCCO3)cc1. The third-order valence-electron chi connectivity index (χ3n) is 3.37. The molecule has 0 saturated heterocycles. The molecule has 5 heteroatoms. The molecule has 118 valence electrons. The van der Waals surface area contributed by atoms with Crippen LogP contribution in [0, 0.1) is 6.92 Å². The number of nitrogens with one attached hydrogen (secondary N) is 1. The molecule has 2 aromatic carbocycles. The molecule has 0 atom stereocenters. The number of anilines is 1. The first-order chi connectivity index (χ1) is 11.1. The van der Waals surface area contributed by atoms with Gasteiger partial charge in [0.1, 0.15) is 13.2 Å². The second-order valence-electron chi connectivity index (χ2n) is 5.22. The number of hydrogen-bond acceptors (Lipinski definition) is 3. The normalized spacial score (nSPS) is 13.1. The monoisotopic (exact) mass is 329 g/mol. The van der Waals surface area contributed by atoms with Gasteiger partial charge in [0.15, 0.2) is 11.5 Å². The van der Waals surface area contributed by atoms with Gasteiger partial charge in [-0.25, -0.2) is 0 Å². The molecule has 1 aliphatic heterocycles. The van der Waals surface area contributed by atoms with Gasteiger partial charge in [-0.2, -0.15) is 0 Å². The number of ether oxygens (including phenoxy) is 2. The lowest BCUT2D eigenvalue weighted by molar-refractivity contribution is -0.111. The lowest BCUT2D eigenvalue weighted by Gasteiger charge is -2.19. The van der Waals surface area contributed by atoms with Crippen molar-refractivity contribution in [2.24, 2.45) is 0 Å². The molecule has 1 amide bonds. The Balaban J connectivity index is 1.71. The maximum atomic E-state index is 12.0. The Bertz CT molecular complexity index is 754. The van der Waals surface area contributed by atoms with Gasteiger partial charge in [0.05, 0.1) is 5.02 Å². The summed E-state index contributed by atoms with van der Waals surface area (Å²) in [4.78, 5) is 12.0. The van der Waals surface area contributed by atoms with E-state index in [0.29, 0.717) is 29.7 Å². The smallest absolute Gasteiger partial charge is 0.248 e. The number of amides is 1. The molecule has 0 bridgehead atoms. The number of fused-ring (bicyclic) bond motifs is 1. The minimum absolute atomic E-state index is 0.208. The number of carbonyl (C=O) groups is 1. The van der Waals surface area contributed by atoms with Gasteiger partial charge in [-0.15, -0.1) is 0 Å². The number of hydrogen-bond donors (Lipinski definition) is 1. The fourth-order valence-electron chi connectivity index (χ4n) is 2.22. The summed E-state index contributed by atoms with van der Waals surface area (Å²) in [5.41, 5.74) is 2.67. The molecule has 2 aromatic rings. The second kappa shape index (κ2) is 6.75. The van der Waals surface area contributed by atoms with Crippen LogP contribution in [0.3, 0.4) is 0 Å². The van der Waals surface area contributed by atoms with E-state index in [9.17, 15) is 4.79 Å². The lowest BCUT2D eigenvalue weighted by Crippen LogP contribution is -2.15. The zero-order valence-electron chi connectivity index (χ0n) is 12.6. The van der Waals surface area contributed by atoms with E-state index in [1.165, 1.54) is 6.08 Å². The first kappa shape index (κ1) is 15.4. The van der Waals surface area contributed by atoms with Gasteiger partial charge in [0.25, 0.3) is 0 Å². The third kappa shape index (κ3) is 3.85. The first-order valence-electron chi connectivity index (χ1n) is 7.27. The number of halogens is 1. The fourth-order valence-corrected chi connectivity index (χ4v) is 2.49. The predicted molar refractivity (Wildman–Crippen MR) is 91.3 cm³/mol. The summed E-state index contributed by atoms with van der Waals surface area (Å²) < 4.78 is 11.0. The highest BCUT2D eigenvalue weighted by atomic mass is 35.5. The van der Waals surface area contributed by atoms with Crippen molar-refractivity contribution in [1.29, 1.82) is 0 Å². The summed E-state index contributed by atoms with van der Waals surface area (Å²) in [7, 11) is 0. The fraction of sp³-hybridized carbons (Fsp3) is 0.167. The van der Waals surface area contributed by atoms with E-state index < -0.39 is 0 Å². The van der Waals surface area contributed by atoms with Gasteiger partial charge in [-0.1, -0.05) is 29.3 Å². The molecule has 0 radical (unpaired) electrons. The van der Waals surface area contributed by atoms with Crippen molar-refractivity contribution in [3.8, 4) is 11.5 Å². The Morgan fingerprint density at radius 3 is 2.70 bits per heavy atom. The van der Waals surface area contributed by atoms with E-state index in [1.807, 2.05) is 31.2 Å². The minimum Gasteiger partial charge on any atom is -0.486 e. The van der Waals surface area contributed by atoms with Crippen LogP contribution in [0.5, 0.6) is 11.5 Å². The molecule has 0 aromatic heterocycles. The molecule has 0 spiro atoms. The first-order valence-corrected chi connectivity index (χ1v) is 7.64. The van der Waals surface area contributed by atoms with Crippen molar-refractivity contribution < 1.29 is 14.3 Å². The van der Waals surface area contributed by atoms with Crippen LogP contribution in [-0.4, -0.2) is 19.1 Å². The molecule has 1 heterocycles. The number of carbonyl (C=O) groups excluding carboxylic acids is 1. The highest BCUT2D eigenvalue weighted by Crippen LogP contribution is 2.38. The van der Waals surface area contributed by atoms with Crippen LogP contribution < -0.4 is 14.8 Å². The summed E-state index contributed by atoms with van der Waals surface area (Å²) in [5.74, 6) is 0.946. The van der Waals surface area contributed by atoms with E-state index in [2.05, 4.69) is 5.32 Å². The summed E-state index contributed by atoms with van der Waals surface area (Å²) in [6, 6.07) is 11.2. The molecule has 0 fully saturated rings. The molecule has 3 rings (SSSR count).